The van der Waals surface area contributed by atoms with Crippen LogP contribution in [-0.4, -0.2) is 58.0 Å². The lowest BCUT2D eigenvalue weighted by atomic mass is 10.1. The Morgan fingerprint density at radius 1 is 0.968 bits per heavy atom. The van der Waals surface area contributed by atoms with Crippen LogP contribution in [0.3, 0.4) is 0 Å². The molecular formula is C24H26N6O. The topological polar surface area (TPSA) is 74.2 Å². The van der Waals surface area contributed by atoms with E-state index < -0.39 is 0 Å². The van der Waals surface area contributed by atoms with E-state index in [-0.39, 0.29) is 11.9 Å². The fraction of sp³-hybridized carbons (Fsp3) is 0.333. The van der Waals surface area contributed by atoms with Gasteiger partial charge in [-0.25, -0.2) is 15.0 Å². The molecule has 0 aliphatic carbocycles. The highest BCUT2D eigenvalue weighted by molar-refractivity contribution is 5.95. The molecule has 1 aromatic carbocycles. The molecule has 2 fully saturated rings. The maximum Gasteiger partial charge on any atom is 0.254 e. The highest BCUT2D eigenvalue weighted by Gasteiger charge is 2.25. The molecule has 7 nitrogen and oxygen atoms in total. The fourth-order valence-corrected chi connectivity index (χ4v) is 4.28. The molecule has 5 rings (SSSR count). The van der Waals surface area contributed by atoms with E-state index in [0.717, 1.165) is 68.5 Å². The largest absolute Gasteiger partial charge is 0.365 e. The molecule has 3 aromatic rings. The number of nitrogens with zero attached hydrogens (tertiary/aromatic N) is 5. The Bertz CT molecular complexity index is 1050. The molecule has 0 spiro atoms. The number of amides is 1. The maximum atomic E-state index is 12.7. The zero-order chi connectivity index (χ0) is 21.0. The molecule has 1 atom stereocenters. The van der Waals surface area contributed by atoms with Crippen molar-refractivity contribution in [3.63, 3.8) is 0 Å². The van der Waals surface area contributed by atoms with Gasteiger partial charge in [-0.3, -0.25) is 4.79 Å². The van der Waals surface area contributed by atoms with Crippen LogP contribution < -0.4 is 10.2 Å². The van der Waals surface area contributed by atoms with Gasteiger partial charge in [0, 0.05) is 55.7 Å². The van der Waals surface area contributed by atoms with Crippen molar-refractivity contribution in [2.45, 2.75) is 25.3 Å². The number of rotatable bonds is 5. The van der Waals surface area contributed by atoms with E-state index >= 15 is 0 Å². The van der Waals surface area contributed by atoms with Crippen LogP contribution in [0.4, 0.5) is 11.8 Å². The SMILES string of the molecule is O=C(c1ccnc(NC2CCN(c3nccc(-c4ccccc4)n3)C2)c1)N1CCCC1. The minimum absolute atomic E-state index is 0.0992. The Balaban J connectivity index is 1.25. The number of hydrogen-bond donors (Lipinski definition) is 1. The molecule has 4 heterocycles. The maximum absolute atomic E-state index is 12.7. The predicted molar refractivity (Wildman–Crippen MR) is 121 cm³/mol. The Labute approximate surface area is 182 Å². The van der Waals surface area contributed by atoms with Crippen LogP contribution in [0.1, 0.15) is 29.6 Å². The number of carbonyl (C=O) groups excluding carboxylic acids is 1. The number of hydrogen-bond acceptors (Lipinski definition) is 6. The summed E-state index contributed by atoms with van der Waals surface area (Å²) in [7, 11) is 0. The lowest BCUT2D eigenvalue weighted by Gasteiger charge is -2.18. The number of carbonyl (C=O) groups is 1. The summed E-state index contributed by atoms with van der Waals surface area (Å²) >= 11 is 0. The zero-order valence-electron chi connectivity index (χ0n) is 17.4. The van der Waals surface area contributed by atoms with Gasteiger partial charge in [0.25, 0.3) is 5.91 Å². The smallest absolute Gasteiger partial charge is 0.254 e. The molecule has 7 heteroatoms. The van der Waals surface area contributed by atoms with Crippen molar-refractivity contribution in [1.82, 2.24) is 19.9 Å². The van der Waals surface area contributed by atoms with E-state index in [4.69, 9.17) is 4.98 Å². The van der Waals surface area contributed by atoms with Gasteiger partial charge in [-0.1, -0.05) is 30.3 Å². The van der Waals surface area contributed by atoms with Crippen molar-refractivity contribution >= 4 is 17.7 Å². The van der Waals surface area contributed by atoms with Gasteiger partial charge in [-0.05, 0) is 37.5 Å². The van der Waals surface area contributed by atoms with Crippen LogP contribution in [-0.2, 0) is 0 Å². The summed E-state index contributed by atoms with van der Waals surface area (Å²) in [6.45, 7) is 3.37. The Morgan fingerprint density at radius 3 is 2.61 bits per heavy atom. The lowest BCUT2D eigenvalue weighted by Crippen LogP contribution is -2.29. The monoisotopic (exact) mass is 414 g/mol. The number of anilines is 2. The first-order valence-electron chi connectivity index (χ1n) is 10.9. The zero-order valence-corrected chi connectivity index (χ0v) is 17.4. The molecule has 2 aliphatic heterocycles. The molecule has 2 aliphatic rings. The van der Waals surface area contributed by atoms with Crippen LogP contribution in [0.5, 0.6) is 0 Å². The first-order chi connectivity index (χ1) is 15.3. The summed E-state index contributed by atoms with van der Waals surface area (Å²) in [5.41, 5.74) is 2.72. The molecule has 2 saturated heterocycles. The molecule has 2 aromatic heterocycles. The van der Waals surface area contributed by atoms with Gasteiger partial charge in [-0.2, -0.15) is 0 Å². The summed E-state index contributed by atoms with van der Waals surface area (Å²) in [6.07, 6.45) is 6.68. The molecule has 31 heavy (non-hydrogen) atoms. The second-order valence-electron chi connectivity index (χ2n) is 8.11. The van der Waals surface area contributed by atoms with E-state index in [2.05, 4.69) is 32.3 Å². The van der Waals surface area contributed by atoms with Crippen LogP contribution in [0.15, 0.2) is 60.9 Å². The summed E-state index contributed by atoms with van der Waals surface area (Å²) in [4.78, 5) is 30.5. The van der Waals surface area contributed by atoms with Crippen LogP contribution >= 0.6 is 0 Å². The second kappa shape index (κ2) is 8.71. The third kappa shape index (κ3) is 4.35. The van der Waals surface area contributed by atoms with Gasteiger partial charge >= 0.3 is 0 Å². The summed E-state index contributed by atoms with van der Waals surface area (Å²) in [5, 5.41) is 3.49. The van der Waals surface area contributed by atoms with Crippen molar-refractivity contribution in [3.05, 3.63) is 66.5 Å². The number of benzene rings is 1. The molecule has 0 bridgehead atoms. The van der Waals surface area contributed by atoms with Crippen molar-refractivity contribution < 1.29 is 4.79 Å². The van der Waals surface area contributed by atoms with Crippen LogP contribution in [0.25, 0.3) is 11.3 Å². The average Bonchev–Trinajstić information content (AvgIpc) is 3.52. The lowest BCUT2D eigenvalue weighted by molar-refractivity contribution is 0.0792. The number of aromatic nitrogens is 3. The third-order valence-electron chi connectivity index (χ3n) is 5.94. The van der Waals surface area contributed by atoms with Gasteiger partial charge in [-0.15, -0.1) is 0 Å². The molecule has 0 radical (unpaired) electrons. The first kappa shape index (κ1) is 19.5. The number of nitrogens with one attached hydrogen (secondary N) is 1. The number of likely N-dealkylation sites (tertiary alicyclic amines) is 1. The van der Waals surface area contributed by atoms with Crippen LogP contribution in [0, 0.1) is 0 Å². The van der Waals surface area contributed by atoms with Gasteiger partial charge in [0.2, 0.25) is 5.95 Å². The minimum atomic E-state index is 0.0992. The quantitative estimate of drug-likeness (QED) is 0.689. The van der Waals surface area contributed by atoms with Gasteiger partial charge in [0.05, 0.1) is 5.69 Å². The Morgan fingerprint density at radius 2 is 1.77 bits per heavy atom. The third-order valence-corrected chi connectivity index (χ3v) is 5.94. The number of pyridine rings is 1. The summed E-state index contributed by atoms with van der Waals surface area (Å²) in [6, 6.07) is 16.0. The highest BCUT2D eigenvalue weighted by atomic mass is 16.2. The second-order valence-corrected chi connectivity index (χ2v) is 8.11. The van der Waals surface area contributed by atoms with Crippen molar-refractivity contribution in [2.75, 3.05) is 36.4 Å². The molecule has 158 valence electrons. The Hall–Kier alpha value is -3.48. The Kier molecular flexibility index (Phi) is 5.48. The molecule has 1 N–H and O–H groups in total. The molecule has 1 amide bonds. The van der Waals surface area contributed by atoms with Crippen molar-refractivity contribution in [2.24, 2.45) is 0 Å². The van der Waals surface area contributed by atoms with Crippen LogP contribution in [0.2, 0.25) is 0 Å². The molecular weight excluding hydrogens is 388 g/mol. The van der Waals surface area contributed by atoms with Crippen molar-refractivity contribution in [3.8, 4) is 11.3 Å². The molecule has 1 unspecified atom stereocenters. The average molecular weight is 415 g/mol. The summed E-state index contributed by atoms with van der Waals surface area (Å²) in [5.74, 6) is 1.59. The van der Waals surface area contributed by atoms with E-state index in [9.17, 15) is 4.79 Å². The predicted octanol–water partition coefficient (Wildman–Crippen LogP) is 3.47. The summed E-state index contributed by atoms with van der Waals surface area (Å²) < 4.78 is 0. The van der Waals surface area contributed by atoms with Gasteiger partial charge in [0.15, 0.2) is 0 Å². The van der Waals surface area contributed by atoms with E-state index in [1.807, 2.05) is 41.4 Å². The van der Waals surface area contributed by atoms with E-state index in [0.29, 0.717) is 5.56 Å². The highest BCUT2D eigenvalue weighted by Crippen LogP contribution is 2.23. The van der Waals surface area contributed by atoms with E-state index in [1.165, 1.54) is 0 Å². The fourth-order valence-electron chi connectivity index (χ4n) is 4.28. The normalized spacial score (nSPS) is 18.4. The first-order valence-corrected chi connectivity index (χ1v) is 10.9. The van der Waals surface area contributed by atoms with Crippen molar-refractivity contribution in [1.29, 1.82) is 0 Å². The van der Waals surface area contributed by atoms with E-state index in [1.54, 1.807) is 12.3 Å². The minimum Gasteiger partial charge on any atom is -0.365 e. The van der Waals surface area contributed by atoms with Gasteiger partial charge in [0.1, 0.15) is 5.82 Å². The molecule has 0 saturated carbocycles. The van der Waals surface area contributed by atoms with Gasteiger partial charge < -0.3 is 15.1 Å². The standard InChI is InChI=1S/C24H26N6O/c31-23(29-13-4-5-14-29)19-8-11-25-22(16-19)27-20-10-15-30(17-20)24-26-12-9-21(28-24)18-6-2-1-3-7-18/h1-3,6-9,11-12,16,20H,4-5,10,13-15,17H2,(H,25,27).